The summed E-state index contributed by atoms with van der Waals surface area (Å²) in [4.78, 5) is -1.15. The van der Waals surface area contributed by atoms with Gasteiger partial charge in [-0.15, -0.1) is 0 Å². The zero-order valence-electron chi connectivity index (χ0n) is 11.3. The molecule has 4 nitrogen and oxygen atoms in total. The second-order valence-electron chi connectivity index (χ2n) is 5.34. The Labute approximate surface area is 121 Å². The van der Waals surface area contributed by atoms with Gasteiger partial charge in [-0.1, -0.05) is 6.42 Å². The molecule has 2 rings (SSSR count). The SMILES string of the molecule is NC1CCCC(CNS(=O)(=O)c2c(F)cc(F)cc2F)C1. The van der Waals surface area contributed by atoms with Gasteiger partial charge in [-0.25, -0.2) is 26.3 Å². The van der Waals surface area contributed by atoms with Gasteiger partial charge >= 0.3 is 0 Å². The van der Waals surface area contributed by atoms with E-state index in [-0.39, 0.29) is 18.5 Å². The van der Waals surface area contributed by atoms with E-state index in [1.807, 2.05) is 0 Å². The summed E-state index contributed by atoms with van der Waals surface area (Å²) >= 11 is 0. The third kappa shape index (κ3) is 3.96. The van der Waals surface area contributed by atoms with Crippen molar-refractivity contribution in [3.8, 4) is 0 Å². The van der Waals surface area contributed by atoms with E-state index in [0.29, 0.717) is 18.6 Å². The quantitative estimate of drug-likeness (QED) is 0.889. The summed E-state index contributed by atoms with van der Waals surface area (Å²) < 4.78 is 65.9. The number of benzene rings is 1. The first kappa shape index (κ1) is 16.3. The largest absolute Gasteiger partial charge is 0.328 e. The van der Waals surface area contributed by atoms with Gasteiger partial charge in [0.05, 0.1) is 0 Å². The van der Waals surface area contributed by atoms with Crippen LogP contribution in [0.3, 0.4) is 0 Å². The maximum absolute atomic E-state index is 13.5. The van der Waals surface area contributed by atoms with E-state index in [4.69, 9.17) is 5.73 Å². The van der Waals surface area contributed by atoms with Crippen molar-refractivity contribution in [1.29, 1.82) is 0 Å². The fourth-order valence-electron chi connectivity index (χ4n) is 2.60. The molecule has 1 aliphatic rings. The van der Waals surface area contributed by atoms with Gasteiger partial charge in [0.2, 0.25) is 10.0 Å². The molecule has 0 aliphatic heterocycles. The van der Waals surface area contributed by atoms with Crippen LogP contribution in [-0.4, -0.2) is 21.0 Å². The van der Waals surface area contributed by atoms with Crippen molar-refractivity contribution in [2.45, 2.75) is 36.6 Å². The average Bonchev–Trinajstić information content (AvgIpc) is 2.35. The van der Waals surface area contributed by atoms with E-state index in [1.54, 1.807) is 0 Å². The Morgan fingerprint density at radius 1 is 1.19 bits per heavy atom. The highest BCUT2D eigenvalue weighted by Gasteiger charge is 2.27. The topological polar surface area (TPSA) is 72.2 Å². The predicted octanol–water partition coefficient (Wildman–Crippen LogP) is 1.90. The minimum Gasteiger partial charge on any atom is -0.328 e. The summed E-state index contributed by atoms with van der Waals surface area (Å²) in [5, 5.41) is 0. The van der Waals surface area contributed by atoms with Gasteiger partial charge < -0.3 is 5.73 Å². The lowest BCUT2D eigenvalue weighted by atomic mass is 9.86. The van der Waals surface area contributed by atoms with Gasteiger partial charge in [0.1, 0.15) is 17.5 Å². The molecule has 0 saturated heterocycles. The number of rotatable bonds is 4. The summed E-state index contributed by atoms with van der Waals surface area (Å²) in [5.41, 5.74) is 5.80. The van der Waals surface area contributed by atoms with Crippen molar-refractivity contribution >= 4 is 10.0 Å². The normalized spacial score (nSPS) is 23.2. The van der Waals surface area contributed by atoms with Gasteiger partial charge in [-0.3, -0.25) is 0 Å². The number of nitrogens with one attached hydrogen (secondary N) is 1. The zero-order valence-corrected chi connectivity index (χ0v) is 12.1. The van der Waals surface area contributed by atoms with E-state index < -0.39 is 32.4 Å². The van der Waals surface area contributed by atoms with E-state index in [1.165, 1.54) is 0 Å². The molecule has 1 aromatic carbocycles. The minimum atomic E-state index is -4.36. The summed E-state index contributed by atoms with van der Waals surface area (Å²) in [5.74, 6) is -4.02. The second-order valence-corrected chi connectivity index (χ2v) is 7.05. The Morgan fingerprint density at radius 3 is 2.38 bits per heavy atom. The Hall–Kier alpha value is -1.12. The van der Waals surface area contributed by atoms with Crippen molar-refractivity contribution in [3.05, 3.63) is 29.6 Å². The van der Waals surface area contributed by atoms with Crippen molar-refractivity contribution in [1.82, 2.24) is 4.72 Å². The Morgan fingerprint density at radius 2 is 1.81 bits per heavy atom. The second kappa shape index (κ2) is 6.33. The van der Waals surface area contributed by atoms with Crippen LogP contribution >= 0.6 is 0 Å². The lowest BCUT2D eigenvalue weighted by molar-refractivity contribution is 0.322. The lowest BCUT2D eigenvalue weighted by Crippen LogP contribution is -2.36. The smallest absolute Gasteiger partial charge is 0.246 e. The minimum absolute atomic E-state index is 0.0209. The molecular weight excluding hydrogens is 305 g/mol. The van der Waals surface area contributed by atoms with Gasteiger partial charge in [0.25, 0.3) is 0 Å². The van der Waals surface area contributed by atoms with E-state index >= 15 is 0 Å². The molecule has 2 unspecified atom stereocenters. The molecule has 21 heavy (non-hydrogen) atoms. The summed E-state index contributed by atoms with van der Waals surface area (Å²) in [6, 6.07) is 0.704. The monoisotopic (exact) mass is 322 g/mol. The molecule has 0 spiro atoms. The molecule has 0 heterocycles. The molecule has 3 N–H and O–H groups in total. The van der Waals surface area contributed by atoms with Crippen molar-refractivity contribution < 1.29 is 21.6 Å². The summed E-state index contributed by atoms with van der Waals surface area (Å²) in [6.07, 6.45) is 3.26. The van der Waals surface area contributed by atoms with Gasteiger partial charge in [-0.2, -0.15) is 0 Å². The highest BCUT2D eigenvalue weighted by molar-refractivity contribution is 7.89. The molecule has 0 bridgehead atoms. The molecule has 0 amide bonds. The Balaban J connectivity index is 2.12. The third-order valence-electron chi connectivity index (χ3n) is 3.62. The van der Waals surface area contributed by atoms with Crippen LogP contribution in [0.5, 0.6) is 0 Å². The lowest BCUT2D eigenvalue weighted by Gasteiger charge is -2.26. The van der Waals surface area contributed by atoms with Crippen LogP contribution in [0, 0.1) is 23.4 Å². The number of hydrogen-bond donors (Lipinski definition) is 2. The molecule has 0 radical (unpaired) electrons. The van der Waals surface area contributed by atoms with Gasteiger partial charge in [-0.05, 0) is 25.2 Å². The fraction of sp³-hybridized carbons (Fsp3) is 0.538. The van der Waals surface area contributed by atoms with Crippen LogP contribution in [-0.2, 0) is 10.0 Å². The third-order valence-corrected chi connectivity index (χ3v) is 5.09. The summed E-state index contributed by atoms with van der Waals surface area (Å²) in [7, 11) is -4.36. The number of halogens is 3. The van der Waals surface area contributed by atoms with Crippen LogP contribution < -0.4 is 10.5 Å². The van der Waals surface area contributed by atoms with Crippen LogP contribution in [0.15, 0.2) is 17.0 Å². The first-order chi connectivity index (χ1) is 9.79. The Kier molecular flexibility index (Phi) is 4.90. The van der Waals surface area contributed by atoms with Crippen LogP contribution in [0.1, 0.15) is 25.7 Å². The van der Waals surface area contributed by atoms with Gasteiger partial charge in [0, 0.05) is 24.7 Å². The number of hydrogen-bond acceptors (Lipinski definition) is 3. The summed E-state index contributed by atoms with van der Waals surface area (Å²) in [6.45, 7) is 0.0618. The van der Waals surface area contributed by atoms with E-state index in [9.17, 15) is 21.6 Å². The molecule has 1 aliphatic carbocycles. The van der Waals surface area contributed by atoms with Crippen LogP contribution in [0.25, 0.3) is 0 Å². The Bertz CT molecular complexity index is 599. The first-order valence-electron chi connectivity index (χ1n) is 6.69. The molecule has 1 fully saturated rings. The zero-order chi connectivity index (χ0) is 15.6. The molecule has 0 aromatic heterocycles. The van der Waals surface area contributed by atoms with E-state index in [2.05, 4.69) is 4.72 Å². The molecule has 1 saturated carbocycles. The standard InChI is InChI=1S/C13H17F3N2O2S/c14-9-5-11(15)13(12(16)6-9)21(19,20)18-7-8-2-1-3-10(17)4-8/h5-6,8,10,18H,1-4,7,17H2. The molecule has 8 heteroatoms. The number of sulfonamides is 1. The van der Waals surface area contributed by atoms with Crippen LogP contribution in [0.4, 0.5) is 13.2 Å². The van der Waals surface area contributed by atoms with Crippen molar-refractivity contribution in [2.24, 2.45) is 11.7 Å². The molecule has 2 atom stereocenters. The average molecular weight is 322 g/mol. The van der Waals surface area contributed by atoms with Crippen molar-refractivity contribution in [2.75, 3.05) is 6.54 Å². The number of nitrogens with two attached hydrogens (primary N) is 1. The molecule has 1 aromatic rings. The highest BCUT2D eigenvalue weighted by atomic mass is 32.2. The predicted molar refractivity (Wildman–Crippen MR) is 71.4 cm³/mol. The fourth-order valence-corrected chi connectivity index (χ4v) is 3.83. The first-order valence-corrected chi connectivity index (χ1v) is 8.17. The maximum atomic E-state index is 13.5. The van der Waals surface area contributed by atoms with Gasteiger partial charge in [0.15, 0.2) is 4.90 Å². The molecule has 118 valence electrons. The van der Waals surface area contributed by atoms with E-state index in [0.717, 1.165) is 19.3 Å². The highest BCUT2D eigenvalue weighted by Crippen LogP contribution is 2.24. The van der Waals surface area contributed by atoms with Crippen molar-refractivity contribution in [3.63, 3.8) is 0 Å². The molecular formula is C13H17F3N2O2S. The maximum Gasteiger partial charge on any atom is 0.246 e. The van der Waals surface area contributed by atoms with Crippen LogP contribution in [0.2, 0.25) is 0 Å².